The molecule has 0 spiro atoms. The molecule has 5 N–H and O–H groups in total. The molecule has 0 aromatic heterocycles. The zero-order valence-corrected chi connectivity index (χ0v) is 27.8. The first-order chi connectivity index (χ1) is 19.7. The molecule has 252 valence electrons. The van der Waals surface area contributed by atoms with Gasteiger partial charge in [0.25, 0.3) is 0 Å². The summed E-state index contributed by atoms with van der Waals surface area (Å²) < 4.78 is 40.6. The highest BCUT2D eigenvalue weighted by atomic mass is 19.1. The fourth-order valence-electron chi connectivity index (χ4n) is 6.82. The lowest BCUT2D eigenvalue weighted by molar-refractivity contribution is -0.00624. The molecule has 1 aliphatic rings. The highest BCUT2D eigenvalue weighted by Crippen LogP contribution is 2.36. The summed E-state index contributed by atoms with van der Waals surface area (Å²) >= 11 is 0. The van der Waals surface area contributed by atoms with Crippen molar-refractivity contribution in [3.8, 4) is 0 Å². The van der Waals surface area contributed by atoms with E-state index in [-0.39, 0.29) is 23.3 Å². The van der Waals surface area contributed by atoms with Crippen molar-refractivity contribution in [2.45, 2.75) is 135 Å². The normalized spacial score (nSPS) is 25.7. The Labute approximate surface area is 255 Å². The van der Waals surface area contributed by atoms with Gasteiger partial charge >= 0.3 is 0 Å². The molecule has 6 atom stereocenters. The summed E-state index contributed by atoms with van der Waals surface area (Å²) in [5.74, 6) is 0.545. The van der Waals surface area contributed by atoms with Crippen LogP contribution in [0.1, 0.15) is 112 Å². The Bertz CT molecular complexity index is 681. The molecule has 1 aliphatic heterocycles. The molecule has 42 heavy (non-hydrogen) atoms. The van der Waals surface area contributed by atoms with Crippen molar-refractivity contribution >= 4 is 0 Å². The lowest BCUT2D eigenvalue weighted by Gasteiger charge is -2.47. The molecule has 0 aromatic rings. The predicted molar refractivity (Wildman–Crippen MR) is 168 cm³/mol. The zero-order valence-electron chi connectivity index (χ0n) is 27.8. The molecule has 0 aliphatic carbocycles. The molecule has 0 bridgehead atoms. The third-order valence-electron chi connectivity index (χ3n) is 9.79. The van der Waals surface area contributed by atoms with Crippen LogP contribution in [0.15, 0.2) is 0 Å². The Balaban J connectivity index is 3.35. The molecular formula is C33H66F3N3O3. The standard InChI is InChI=1S/C33H66F3N3O3/c1-7-27(20-30(4,40)23-34)10-13-33(14-11-28(8-2)21-31(5,41)24-35)26-38-16-15-37-17-19-39(33)18-12-29(9-3)22-32(6,42)25-36/h27-29,37-38,40-42H,7-26H2,1-6H3. The van der Waals surface area contributed by atoms with Crippen LogP contribution in [0.2, 0.25) is 0 Å². The van der Waals surface area contributed by atoms with Crippen LogP contribution in [0, 0.1) is 17.8 Å². The first kappa shape index (κ1) is 39.6. The van der Waals surface area contributed by atoms with Gasteiger partial charge in [-0.15, -0.1) is 0 Å². The number of nitrogens with one attached hydrogen (secondary N) is 2. The molecule has 1 saturated heterocycles. The predicted octanol–water partition coefficient (Wildman–Crippen LogP) is 5.58. The number of halogens is 3. The summed E-state index contributed by atoms with van der Waals surface area (Å²) in [5.41, 5.74) is -4.21. The molecule has 6 nitrogen and oxygen atoms in total. The largest absolute Gasteiger partial charge is 0.387 e. The van der Waals surface area contributed by atoms with Crippen LogP contribution >= 0.6 is 0 Å². The fraction of sp³-hybridized carbons (Fsp3) is 1.00. The van der Waals surface area contributed by atoms with E-state index in [1.165, 1.54) is 0 Å². The van der Waals surface area contributed by atoms with Gasteiger partial charge in [0.15, 0.2) is 0 Å². The van der Waals surface area contributed by atoms with Crippen LogP contribution in [-0.4, -0.2) is 102 Å². The number of hydrogen-bond donors (Lipinski definition) is 5. The van der Waals surface area contributed by atoms with E-state index in [1.807, 2.05) is 0 Å². The van der Waals surface area contributed by atoms with Gasteiger partial charge in [0, 0.05) is 38.3 Å². The van der Waals surface area contributed by atoms with Gasteiger partial charge in [-0.3, -0.25) is 4.90 Å². The quantitative estimate of drug-likeness (QED) is 0.117. The second-order valence-corrected chi connectivity index (χ2v) is 14.3. The van der Waals surface area contributed by atoms with E-state index in [4.69, 9.17) is 0 Å². The highest BCUT2D eigenvalue weighted by Gasteiger charge is 2.39. The highest BCUT2D eigenvalue weighted by molar-refractivity contribution is 4.96. The van der Waals surface area contributed by atoms with Crippen molar-refractivity contribution < 1.29 is 28.5 Å². The third kappa shape index (κ3) is 14.6. The number of aliphatic hydroxyl groups is 3. The number of alkyl halides is 3. The van der Waals surface area contributed by atoms with Crippen molar-refractivity contribution in [1.82, 2.24) is 15.5 Å². The second-order valence-electron chi connectivity index (χ2n) is 14.3. The first-order valence-corrected chi connectivity index (χ1v) is 16.7. The van der Waals surface area contributed by atoms with Crippen LogP contribution < -0.4 is 10.6 Å². The Morgan fingerprint density at radius 3 is 1.48 bits per heavy atom. The van der Waals surface area contributed by atoms with E-state index in [2.05, 4.69) is 36.3 Å². The maximum absolute atomic E-state index is 13.5. The van der Waals surface area contributed by atoms with E-state index in [1.54, 1.807) is 20.8 Å². The topological polar surface area (TPSA) is 88.0 Å². The molecule has 0 aromatic carbocycles. The van der Waals surface area contributed by atoms with Crippen LogP contribution in [0.25, 0.3) is 0 Å². The van der Waals surface area contributed by atoms with E-state index >= 15 is 0 Å². The molecule has 1 rings (SSSR count). The molecule has 1 heterocycles. The Hall–Kier alpha value is -0.450. The van der Waals surface area contributed by atoms with Crippen LogP contribution in [-0.2, 0) is 0 Å². The summed E-state index contributed by atoms with van der Waals surface area (Å²) in [7, 11) is 0. The molecule has 6 unspecified atom stereocenters. The Morgan fingerprint density at radius 2 is 1.07 bits per heavy atom. The Kier molecular flexibility index (Phi) is 18.0. The summed E-state index contributed by atoms with van der Waals surface area (Å²) in [6, 6.07) is 0. The molecule has 9 heteroatoms. The van der Waals surface area contributed by atoms with Crippen molar-refractivity contribution in [2.75, 3.05) is 59.3 Å². The minimum Gasteiger partial charge on any atom is -0.387 e. The smallest absolute Gasteiger partial charge is 0.118 e. The van der Waals surface area contributed by atoms with Gasteiger partial charge in [0.1, 0.15) is 20.0 Å². The minimum atomic E-state index is -1.33. The molecule has 0 saturated carbocycles. The lowest BCUT2D eigenvalue weighted by atomic mass is 9.77. The van der Waals surface area contributed by atoms with Crippen molar-refractivity contribution in [3.63, 3.8) is 0 Å². The van der Waals surface area contributed by atoms with Gasteiger partial charge in [0.2, 0.25) is 0 Å². The average molecular weight is 610 g/mol. The van der Waals surface area contributed by atoms with Crippen molar-refractivity contribution in [3.05, 3.63) is 0 Å². The summed E-state index contributed by atoms with van der Waals surface area (Å²) in [6.07, 6.45) is 8.11. The maximum atomic E-state index is 13.5. The van der Waals surface area contributed by atoms with Gasteiger partial charge in [-0.2, -0.15) is 0 Å². The minimum absolute atomic E-state index is 0.178. The van der Waals surface area contributed by atoms with Crippen LogP contribution in [0.3, 0.4) is 0 Å². The zero-order chi connectivity index (χ0) is 31.9. The SMILES string of the molecule is CCC(CCN1CCNCCNCC1(CCC(CC)CC(C)(O)CF)CCC(CC)CC(C)(O)CF)CC(C)(O)CF. The number of hydrogen-bond acceptors (Lipinski definition) is 6. The van der Waals surface area contributed by atoms with Gasteiger partial charge in [-0.05, 0) is 96.4 Å². The van der Waals surface area contributed by atoms with Gasteiger partial charge < -0.3 is 26.0 Å². The van der Waals surface area contributed by atoms with Crippen LogP contribution in [0.5, 0.6) is 0 Å². The van der Waals surface area contributed by atoms with E-state index < -0.39 is 36.8 Å². The van der Waals surface area contributed by atoms with Gasteiger partial charge in [0.05, 0.1) is 16.8 Å². The van der Waals surface area contributed by atoms with Crippen LogP contribution in [0.4, 0.5) is 13.2 Å². The van der Waals surface area contributed by atoms with E-state index in [0.29, 0.717) is 19.3 Å². The monoisotopic (exact) mass is 610 g/mol. The summed E-state index contributed by atoms with van der Waals surface area (Å²) in [5, 5.41) is 38.7. The fourth-order valence-corrected chi connectivity index (χ4v) is 6.82. The lowest BCUT2D eigenvalue weighted by Crippen LogP contribution is -2.56. The van der Waals surface area contributed by atoms with Gasteiger partial charge in [-0.25, -0.2) is 13.2 Å². The van der Waals surface area contributed by atoms with Crippen molar-refractivity contribution in [1.29, 1.82) is 0 Å². The van der Waals surface area contributed by atoms with Gasteiger partial charge in [-0.1, -0.05) is 40.0 Å². The average Bonchev–Trinajstić information content (AvgIpc) is 3.06. The molecule has 0 radical (unpaired) electrons. The number of nitrogens with zero attached hydrogens (tertiary/aromatic N) is 1. The van der Waals surface area contributed by atoms with E-state index in [9.17, 15) is 28.5 Å². The molecule has 1 fully saturated rings. The van der Waals surface area contributed by atoms with Crippen molar-refractivity contribution in [2.24, 2.45) is 17.8 Å². The summed E-state index contributed by atoms with van der Waals surface area (Å²) in [6.45, 7) is 13.7. The molecular weight excluding hydrogens is 543 g/mol. The molecule has 0 amide bonds. The van der Waals surface area contributed by atoms with E-state index in [0.717, 1.165) is 90.6 Å². The Morgan fingerprint density at radius 1 is 0.667 bits per heavy atom. The first-order valence-electron chi connectivity index (χ1n) is 16.7. The number of rotatable bonds is 21. The third-order valence-corrected chi connectivity index (χ3v) is 9.79. The summed E-state index contributed by atoms with van der Waals surface area (Å²) in [4.78, 5) is 2.57. The maximum Gasteiger partial charge on any atom is 0.118 e. The second kappa shape index (κ2) is 19.2.